The molecule has 4 aromatic rings. The molecule has 2 aliphatic rings. The van der Waals surface area contributed by atoms with Gasteiger partial charge in [-0.25, -0.2) is 19.0 Å². The van der Waals surface area contributed by atoms with Crippen molar-refractivity contribution in [1.82, 2.24) is 14.8 Å². The molecule has 0 aromatic heterocycles. The van der Waals surface area contributed by atoms with Crippen molar-refractivity contribution in [3.8, 4) is 28.5 Å². The Morgan fingerprint density at radius 3 is 2.10 bits per heavy atom. The maximum absolute atomic E-state index is 13.5. The van der Waals surface area contributed by atoms with E-state index in [0.29, 0.717) is 34.4 Å². The molecule has 1 aliphatic heterocycles. The molecule has 0 bridgehead atoms. The first-order chi connectivity index (χ1) is 19.1. The van der Waals surface area contributed by atoms with E-state index in [1.54, 1.807) is 22.9 Å². The number of para-hydroxylation sites is 1. The number of benzene rings is 5. The van der Waals surface area contributed by atoms with Crippen molar-refractivity contribution in [3.05, 3.63) is 149 Å². The van der Waals surface area contributed by atoms with Gasteiger partial charge < -0.3 is 5.32 Å². The number of aliphatic imine (C=N–C) groups is 1. The van der Waals surface area contributed by atoms with Crippen molar-refractivity contribution >= 4 is 17.2 Å². The molecule has 0 saturated carbocycles. The van der Waals surface area contributed by atoms with Gasteiger partial charge in [-0.3, -0.25) is 4.79 Å². The molecular formula is C32H22FN5O. The van der Waals surface area contributed by atoms with Gasteiger partial charge in [0.25, 0.3) is 0 Å². The van der Waals surface area contributed by atoms with Crippen molar-refractivity contribution in [2.45, 2.75) is 0 Å². The predicted molar refractivity (Wildman–Crippen MR) is 152 cm³/mol. The molecule has 39 heavy (non-hydrogen) atoms. The van der Waals surface area contributed by atoms with E-state index in [0.717, 1.165) is 16.8 Å². The van der Waals surface area contributed by atoms with Crippen LogP contribution in [0.1, 0.15) is 5.56 Å². The number of nitrogens with one attached hydrogen (secondary N) is 1. The van der Waals surface area contributed by atoms with Gasteiger partial charge in [-0.05, 0) is 42.5 Å². The van der Waals surface area contributed by atoms with E-state index >= 15 is 0 Å². The normalized spacial score (nSPS) is 11.5. The number of fused-ring (bicyclic) bond motifs is 1. The first-order valence-corrected chi connectivity index (χ1v) is 12.4. The molecule has 0 saturated heterocycles. The van der Waals surface area contributed by atoms with Gasteiger partial charge in [0.1, 0.15) is 11.7 Å². The lowest BCUT2D eigenvalue weighted by Gasteiger charge is -2.17. The molecule has 1 heterocycles. The van der Waals surface area contributed by atoms with Crippen LogP contribution in [0, 0.1) is 5.82 Å². The number of halogens is 1. The highest BCUT2D eigenvalue weighted by atomic mass is 19.1. The summed E-state index contributed by atoms with van der Waals surface area (Å²) in [6, 6.07) is 37.9. The van der Waals surface area contributed by atoms with E-state index < -0.39 is 0 Å². The highest BCUT2D eigenvalue weighted by Gasteiger charge is 2.18. The van der Waals surface area contributed by atoms with E-state index in [9.17, 15) is 9.18 Å². The Hall–Kier alpha value is -5.43. The number of hydrogen-bond acceptors (Lipinski definition) is 4. The molecule has 0 unspecified atom stereocenters. The quantitative estimate of drug-likeness (QED) is 0.206. The maximum Gasteiger partial charge on any atom is 0.204 e. The number of hydrogen-bond donors (Lipinski definition) is 1. The monoisotopic (exact) mass is 511 g/mol. The zero-order valence-electron chi connectivity index (χ0n) is 20.7. The average molecular weight is 512 g/mol. The van der Waals surface area contributed by atoms with E-state index in [4.69, 9.17) is 10.1 Å². The topological polar surface area (TPSA) is 72.2 Å². The summed E-state index contributed by atoms with van der Waals surface area (Å²) in [6.07, 6.45) is 0. The number of rotatable bonds is 5. The van der Waals surface area contributed by atoms with E-state index in [-0.39, 0.29) is 11.2 Å². The molecule has 4 aromatic carbocycles. The summed E-state index contributed by atoms with van der Waals surface area (Å²) < 4.78 is 15.2. The fourth-order valence-electron chi connectivity index (χ4n) is 4.21. The van der Waals surface area contributed by atoms with Crippen LogP contribution in [-0.4, -0.2) is 20.6 Å². The molecule has 1 aliphatic carbocycles. The third kappa shape index (κ3) is 5.19. The fraction of sp³-hybridized carbons (Fsp3) is 0. The molecule has 0 atom stereocenters. The number of nitrogens with zero attached hydrogens (tertiary/aromatic N) is 4. The summed E-state index contributed by atoms with van der Waals surface area (Å²) in [6.45, 7) is 0. The lowest BCUT2D eigenvalue weighted by molar-refractivity contribution is 0.628. The zero-order chi connectivity index (χ0) is 26.6. The highest BCUT2D eigenvalue weighted by Crippen LogP contribution is 2.27. The lowest BCUT2D eigenvalue weighted by atomic mass is 10.1. The summed E-state index contributed by atoms with van der Waals surface area (Å²) >= 11 is 0. The van der Waals surface area contributed by atoms with Crippen LogP contribution in [0.3, 0.4) is 0 Å². The first-order valence-electron chi connectivity index (χ1n) is 12.4. The molecule has 7 heteroatoms. The average Bonchev–Trinajstić information content (AvgIpc) is 2.99. The maximum atomic E-state index is 13.5. The fourth-order valence-corrected chi connectivity index (χ4v) is 4.21. The van der Waals surface area contributed by atoms with Gasteiger partial charge in [0.05, 0.1) is 28.5 Å². The van der Waals surface area contributed by atoms with Gasteiger partial charge in [0.15, 0.2) is 5.82 Å². The molecule has 0 radical (unpaired) electrons. The summed E-state index contributed by atoms with van der Waals surface area (Å²) in [5.41, 5.74) is 4.21. The molecule has 0 amide bonds. The SMILES string of the molecule is O=c1cc2n(-c3ccccc3)nc(-c3ccccc3)nc-2cc1NC(=Nc1ccc(F)cc1)c1ccccc1. The van der Waals surface area contributed by atoms with Crippen LogP contribution in [0.4, 0.5) is 15.8 Å². The Bertz CT molecular complexity index is 1790. The van der Waals surface area contributed by atoms with Crippen LogP contribution < -0.4 is 10.7 Å². The lowest BCUT2D eigenvalue weighted by Crippen LogP contribution is -2.21. The van der Waals surface area contributed by atoms with Crippen LogP contribution in [0.25, 0.3) is 28.5 Å². The van der Waals surface area contributed by atoms with Crippen LogP contribution in [0.2, 0.25) is 0 Å². The molecule has 6 rings (SSSR count). The van der Waals surface area contributed by atoms with Gasteiger partial charge in [0, 0.05) is 17.2 Å². The number of anilines is 1. The third-order valence-electron chi connectivity index (χ3n) is 6.13. The van der Waals surface area contributed by atoms with Gasteiger partial charge in [-0.2, -0.15) is 0 Å². The van der Waals surface area contributed by atoms with Crippen molar-refractivity contribution < 1.29 is 4.39 Å². The number of amidine groups is 1. The molecule has 0 spiro atoms. The smallest absolute Gasteiger partial charge is 0.204 e. The minimum absolute atomic E-state index is 0.244. The molecule has 1 N–H and O–H groups in total. The van der Waals surface area contributed by atoms with Crippen molar-refractivity contribution in [2.75, 3.05) is 5.32 Å². The van der Waals surface area contributed by atoms with Crippen molar-refractivity contribution in [3.63, 3.8) is 0 Å². The zero-order valence-corrected chi connectivity index (χ0v) is 20.7. The molecule has 188 valence electrons. The van der Waals surface area contributed by atoms with Gasteiger partial charge in [0.2, 0.25) is 5.43 Å². The van der Waals surface area contributed by atoms with Gasteiger partial charge >= 0.3 is 0 Å². The van der Waals surface area contributed by atoms with Crippen LogP contribution in [0.15, 0.2) is 137 Å². The second-order valence-corrected chi connectivity index (χ2v) is 8.81. The second-order valence-electron chi connectivity index (χ2n) is 8.81. The Labute approximate surface area is 224 Å². The number of aromatic nitrogens is 3. The van der Waals surface area contributed by atoms with Crippen LogP contribution in [0.5, 0.6) is 0 Å². The summed E-state index contributed by atoms with van der Waals surface area (Å²) in [5, 5.41) is 7.99. The third-order valence-corrected chi connectivity index (χ3v) is 6.13. The van der Waals surface area contributed by atoms with Gasteiger partial charge in [-0.1, -0.05) is 78.9 Å². The summed E-state index contributed by atoms with van der Waals surface area (Å²) in [4.78, 5) is 22.9. The minimum atomic E-state index is -0.347. The second kappa shape index (κ2) is 10.5. The summed E-state index contributed by atoms with van der Waals surface area (Å²) in [7, 11) is 0. The van der Waals surface area contributed by atoms with Crippen LogP contribution >= 0.6 is 0 Å². The Morgan fingerprint density at radius 1 is 0.769 bits per heavy atom. The van der Waals surface area contributed by atoms with E-state index in [2.05, 4.69) is 10.3 Å². The Kier molecular flexibility index (Phi) is 6.45. The highest BCUT2D eigenvalue weighted by molar-refractivity contribution is 6.09. The van der Waals surface area contributed by atoms with Gasteiger partial charge in [-0.15, -0.1) is 5.10 Å². The standard InChI is InChI=1S/C32H22FN5O/c33-24-16-18-25(19-17-24)34-31(22-10-4-1-5-11-22)36-28-20-27-29(21-30(28)39)38(26-14-8-3-9-15-26)37-32(35-27)23-12-6-2-7-13-23/h1-21H,(H,34,36). The van der Waals surface area contributed by atoms with Crippen molar-refractivity contribution in [1.29, 1.82) is 0 Å². The Balaban J connectivity index is 1.51. The largest absolute Gasteiger partial charge is 0.336 e. The van der Waals surface area contributed by atoms with E-state index in [1.807, 2.05) is 91.0 Å². The molecular weight excluding hydrogens is 489 g/mol. The predicted octanol–water partition coefficient (Wildman–Crippen LogP) is 6.73. The van der Waals surface area contributed by atoms with E-state index in [1.165, 1.54) is 18.2 Å². The van der Waals surface area contributed by atoms with Crippen molar-refractivity contribution in [2.24, 2.45) is 4.99 Å². The molecule has 0 fully saturated rings. The molecule has 6 nitrogen and oxygen atoms in total. The first kappa shape index (κ1) is 23.9. The Morgan fingerprint density at radius 2 is 1.41 bits per heavy atom. The minimum Gasteiger partial charge on any atom is -0.336 e. The van der Waals surface area contributed by atoms with Crippen LogP contribution in [-0.2, 0) is 0 Å². The summed E-state index contributed by atoms with van der Waals surface area (Å²) in [5.74, 6) is 0.631.